The molecule has 0 aliphatic rings. The zero-order valence-corrected chi connectivity index (χ0v) is 10.9. The van der Waals surface area contributed by atoms with Crippen molar-refractivity contribution in [3.05, 3.63) is 0 Å². The lowest BCUT2D eigenvalue weighted by Gasteiger charge is -2.12. The first kappa shape index (κ1) is 17.8. The van der Waals surface area contributed by atoms with Crippen LogP contribution in [0.1, 0.15) is 40.5 Å². The third-order valence-corrected chi connectivity index (χ3v) is 1.71. The van der Waals surface area contributed by atoms with E-state index < -0.39 is 17.9 Å². The molecule has 0 aliphatic carbocycles. The number of rotatable bonds is 6. The summed E-state index contributed by atoms with van der Waals surface area (Å²) in [5, 5.41) is 13.5. The summed E-state index contributed by atoms with van der Waals surface area (Å²) in [7, 11) is 0. The molecule has 0 heterocycles. The van der Waals surface area contributed by atoms with Crippen molar-refractivity contribution in [2.24, 2.45) is 0 Å². The van der Waals surface area contributed by atoms with Crippen LogP contribution >= 0.6 is 0 Å². The number of hydrogen-bond acceptors (Lipinski definition) is 3. The van der Waals surface area contributed by atoms with Crippen LogP contribution in [0, 0.1) is 0 Å². The number of carbonyl (C=O) groups excluding carboxylic acids is 2. The molecule has 17 heavy (non-hydrogen) atoms. The van der Waals surface area contributed by atoms with E-state index in [0.717, 1.165) is 0 Å². The highest BCUT2D eigenvalue weighted by Gasteiger charge is 2.18. The topological polar surface area (TPSA) is 95.5 Å². The van der Waals surface area contributed by atoms with Crippen LogP contribution in [0.15, 0.2) is 0 Å². The van der Waals surface area contributed by atoms with Crippen LogP contribution in [0.2, 0.25) is 0 Å². The van der Waals surface area contributed by atoms with Crippen LogP contribution < -0.4 is 10.6 Å². The van der Waals surface area contributed by atoms with Gasteiger partial charge in [-0.15, -0.1) is 0 Å². The minimum Gasteiger partial charge on any atom is -0.480 e. The zero-order chi connectivity index (χ0) is 13.8. The van der Waals surface area contributed by atoms with Crippen molar-refractivity contribution in [3.63, 3.8) is 0 Å². The Morgan fingerprint density at radius 2 is 1.76 bits per heavy atom. The summed E-state index contributed by atoms with van der Waals surface area (Å²) >= 11 is 0. The van der Waals surface area contributed by atoms with Gasteiger partial charge in [-0.3, -0.25) is 9.59 Å². The Kier molecular flexibility index (Phi) is 11.4. The molecule has 0 aliphatic heterocycles. The molecule has 0 rings (SSSR count). The average molecular weight is 246 g/mol. The highest BCUT2D eigenvalue weighted by molar-refractivity contribution is 5.83. The number of amides is 2. The van der Waals surface area contributed by atoms with Crippen molar-refractivity contribution in [1.82, 2.24) is 10.6 Å². The van der Waals surface area contributed by atoms with E-state index in [1.54, 1.807) is 6.92 Å². The van der Waals surface area contributed by atoms with Crippen molar-refractivity contribution in [3.8, 4) is 0 Å². The minimum absolute atomic E-state index is 0.0884. The number of carboxylic acids is 1. The molecule has 0 aromatic heterocycles. The fraction of sp³-hybridized carbons (Fsp3) is 0.727. The van der Waals surface area contributed by atoms with Crippen molar-refractivity contribution in [2.45, 2.75) is 46.6 Å². The third-order valence-electron chi connectivity index (χ3n) is 1.71. The van der Waals surface area contributed by atoms with Crippen LogP contribution in [0.5, 0.6) is 0 Å². The van der Waals surface area contributed by atoms with Gasteiger partial charge in [-0.25, -0.2) is 4.79 Å². The van der Waals surface area contributed by atoms with E-state index in [0.29, 0.717) is 6.54 Å². The third kappa shape index (κ3) is 10.7. The first-order chi connectivity index (χ1) is 7.97. The molecule has 0 radical (unpaired) electrons. The molecule has 0 fully saturated rings. The van der Waals surface area contributed by atoms with E-state index in [1.165, 1.54) is 6.92 Å². The smallest absolute Gasteiger partial charge is 0.326 e. The SMILES string of the molecule is CC.CCNC(=O)CCC(NC(C)=O)C(=O)O. The quantitative estimate of drug-likeness (QED) is 0.636. The molecule has 0 aromatic carbocycles. The average Bonchev–Trinajstić information content (AvgIpc) is 2.26. The van der Waals surface area contributed by atoms with Gasteiger partial charge in [0.15, 0.2) is 0 Å². The minimum atomic E-state index is -1.13. The van der Waals surface area contributed by atoms with Gasteiger partial charge in [-0.1, -0.05) is 13.8 Å². The largest absolute Gasteiger partial charge is 0.480 e. The molecule has 0 spiro atoms. The van der Waals surface area contributed by atoms with E-state index in [4.69, 9.17) is 5.11 Å². The summed E-state index contributed by atoms with van der Waals surface area (Å²) in [6.45, 7) is 7.53. The highest BCUT2D eigenvalue weighted by Crippen LogP contribution is 1.97. The maximum atomic E-state index is 11.0. The van der Waals surface area contributed by atoms with Gasteiger partial charge in [0.25, 0.3) is 0 Å². The summed E-state index contributed by atoms with van der Waals surface area (Å²) in [6.07, 6.45) is 0.186. The van der Waals surface area contributed by atoms with Crippen LogP contribution in [-0.2, 0) is 14.4 Å². The molecule has 1 unspecified atom stereocenters. The van der Waals surface area contributed by atoms with E-state index in [1.807, 2.05) is 13.8 Å². The number of aliphatic carboxylic acids is 1. The Bertz CT molecular complexity index is 254. The van der Waals surface area contributed by atoms with Crippen molar-refractivity contribution >= 4 is 17.8 Å². The molecule has 2 amide bonds. The van der Waals surface area contributed by atoms with E-state index in [-0.39, 0.29) is 18.7 Å². The molecule has 1 atom stereocenters. The first-order valence-corrected chi connectivity index (χ1v) is 5.74. The molecule has 6 nitrogen and oxygen atoms in total. The Morgan fingerprint density at radius 3 is 2.12 bits per heavy atom. The normalized spacial score (nSPS) is 10.6. The number of nitrogens with one attached hydrogen (secondary N) is 2. The van der Waals surface area contributed by atoms with Gasteiger partial charge in [-0.2, -0.15) is 0 Å². The number of carboxylic acid groups (broad SMARTS) is 1. The molecular weight excluding hydrogens is 224 g/mol. The van der Waals surface area contributed by atoms with E-state index in [2.05, 4.69) is 10.6 Å². The van der Waals surface area contributed by atoms with Gasteiger partial charge in [0.05, 0.1) is 0 Å². The second kappa shape index (κ2) is 10.9. The van der Waals surface area contributed by atoms with Gasteiger partial charge >= 0.3 is 5.97 Å². The van der Waals surface area contributed by atoms with Gasteiger partial charge in [-0.05, 0) is 13.3 Å². The molecule has 0 aromatic rings. The van der Waals surface area contributed by atoms with Gasteiger partial charge < -0.3 is 15.7 Å². The van der Waals surface area contributed by atoms with Crippen molar-refractivity contribution < 1.29 is 19.5 Å². The lowest BCUT2D eigenvalue weighted by molar-refractivity contribution is -0.141. The molecule has 0 saturated carbocycles. The Hall–Kier alpha value is -1.59. The fourth-order valence-electron chi connectivity index (χ4n) is 1.06. The summed E-state index contributed by atoms with van der Waals surface area (Å²) in [5.41, 5.74) is 0. The van der Waals surface area contributed by atoms with Crippen molar-refractivity contribution in [2.75, 3.05) is 6.54 Å². The number of hydrogen-bond donors (Lipinski definition) is 3. The molecule has 0 bridgehead atoms. The Morgan fingerprint density at radius 1 is 1.24 bits per heavy atom. The van der Waals surface area contributed by atoms with Crippen LogP contribution in [0.3, 0.4) is 0 Å². The molecule has 0 saturated heterocycles. The molecule has 100 valence electrons. The summed E-state index contributed by atoms with van der Waals surface area (Å²) < 4.78 is 0. The van der Waals surface area contributed by atoms with Gasteiger partial charge in [0.1, 0.15) is 6.04 Å². The van der Waals surface area contributed by atoms with Crippen LogP contribution in [0.25, 0.3) is 0 Å². The molecular formula is C11H22N2O4. The maximum Gasteiger partial charge on any atom is 0.326 e. The second-order valence-electron chi connectivity index (χ2n) is 3.08. The maximum absolute atomic E-state index is 11.0. The lowest BCUT2D eigenvalue weighted by Crippen LogP contribution is -2.40. The molecule has 6 heteroatoms. The summed E-state index contributed by atoms with van der Waals surface area (Å²) in [6, 6.07) is -0.995. The Labute approximate surface area is 102 Å². The van der Waals surface area contributed by atoms with Gasteiger partial charge in [0.2, 0.25) is 11.8 Å². The first-order valence-electron chi connectivity index (χ1n) is 5.74. The molecule has 3 N–H and O–H groups in total. The predicted molar refractivity (Wildman–Crippen MR) is 64.5 cm³/mol. The summed E-state index contributed by atoms with van der Waals surface area (Å²) in [5.74, 6) is -1.76. The lowest BCUT2D eigenvalue weighted by atomic mass is 10.1. The highest BCUT2D eigenvalue weighted by atomic mass is 16.4. The van der Waals surface area contributed by atoms with Gasteiger partial charge in [0, 0.05) is 19.9 Å². The zero-order valence-electron chi connectivity index (χ0n) is 10.9. The number of carbonyl (C=O) groups is 3. The summed E-state index contributed by atoms with van der Waals surface area (Å²) in [4.78, 5) is 32.4. The van der Waals surface area contributed by atoms with Crippen molar-refractivity contribution in [1.29, 1.82) is 0 Å². The van der Waals surface area contributed by atoms with E-state index in [9.17, 15) is 14.4 Å². The van der Waals surface area contributed by atoms with Crippen LogP contribution in [-0.4, -0.2) is 35.5 Å². The Balaban J connectivity index is 0. The fourth-order valence-corrected chi connectivity index (χ4v) is 1.06. The second-order valence-corrected chi connectivity index (χ2v) is 3.08. The van der Waals surface area contributed by atoms with Crippen LogP contribution in [0.4, 0.5) is 0 Å². The predicted octanol–water partition coefficient (Wildman–Crippen LogP) is 0.518. The monoisotopic (exact) mass is 246 g/mol. The van der Waals surface area contributed by atoms with E-state index >= 15 is 0 Å². The standard InChI is InChI=1S/C9H16N2O4.C2H6/c1-3-10-8(13)5-4-7(9(14)15)11-6(2)12;1-2/h7H,3-5H2,1-2H3,(H,10,13)(H,11,12)(H,14,15);1-2H3.